The minimum Gasteiger partial charge on any atom is -0.418 e. The Kier molecular flexibility index (Phi) is 2.69. The largest absolute Gasteiger partial charge is 0.418 e. The van der Waals surface area contributed by atoms with E-state index in [0.29, 0.717) is 10.9 Å². The van der Waals surface area contributed by atoms with Crippen molar-refractivity contribution < 1.29 is 9.52 Å². The molecule has 1 N–H and O–H groups in total. The first-order valence-corrected chi connectivity index (χ1v) is 5.17. The lowest BCUT2D eigenvalue weighted by molar-refractivity contribution is 0.0488. The van der Waals surface area contributed by atoms with Crippen molar-refractivity contribution in [3.05, 3.63) is 35.2 Å². The van der Waals surface area contributed by atoms with Gasteiger partial charge in [0.05, 0.1) is 0 Å². The van der Waals surface area contributed by atoms with Gasteiger partial charge in [-0.1, -0.05) is 17.7 Å². The third-order valence-electron chi connectivity index (χ3n) is 2.02. The van der Waals surface area contributed by atoms with Gasteiger partial charge < -0.3 is 9.52 Å². The summed E-state index contributed by atoms with van der Waals surface area (Å²) in [5.41, 5.74) is -0.403. The summed E-state index contributed by atoms with van der Waals surface area (Å²) in [6.45, 7) is 3.17. The Morgan fingerprint density at radius 2 is 2.06 bits per heavy atom. The van der Waals surface area contributed by atoms with Crippen LogP contribution in [0.3, 0.4) is 0 Å². The maximum atomic E-state index is 9.68. The Hall–Kier alpha value is -1.39. The fraction of sp³-hybridized carbons (Fsp3) is 0.273. The van der Waals surface area contributed by atoms with Gasteiger partial charge in [0.2, 0.25) is 11.8 Å². The second kappa shape index (κ2) is 3.88. The van der Waals surface area contributed by atoms with Crippen LogP contribution in [0, 0.1) is 0 Å². The van der Waals surface area contributed by atoms with Gasteiger partial charge >= 0.3 is 0 Å². The third kappa shape index (κ3) is 2.23. The van der Waals surface area contributed by atoms with Gasteiger partial charge in [-0.05, 0) is 32.0 Å². The predicted molar refractivity (Wildman–Crippen MR) is 60.0 cm³/mol. The van der Waals surface area contributed by atoms with Crippen molar-refractivity contribution in [1.29, 1.82) is 0 Å². The van der Waals surface area contributed by atoms with Crippen LogP contribution in [-0.4, -0.2) is 15.3 Å². The molecule has 0 spiro atoms. The first-order valence-electron chi connectivity index (χ1n) is 4.79. The Bertz CT molecular complexity index is 503. The second-order valence-corrected chi connectivity index (χ2v) is 4.42. The molecule has 0 bridgehead atoms. The van der Waals surface area contributed by atoms with Crippen molar-refractivity contribution in [3.8, 4) is 11.5 Å². The van der Waals surface area contributed by atoms with E-state index in [0.717, 1.165) is 5.56 Å². The van der Waals surface area contributed by atoms with Crippen LogP contribution >= 0.6 is 11.6 Å². The van der Waals surface area contributed by atoms with Crippen molar-refractivity contribution >= 4 is 11.6 Å². The van der Waals surface area contributed by atoms with Crippen LogP contribution in [0.5, 0.6) is 0 Å². The molecule has 0 unspecified atom stereocenters. The Morgan fingerprint density at radius 3 is 2.62 bits per heavy atom. The van der Waals surface area contributed by atoms with Gasteiger partial charge in [-0.2, -0.15) is 0 Å². The van der Waals surface area contributed by atoms with Crippen LogP contribution < -0.4 is 0 Å². The topological polar surface area (TPSA) is 59.2 Å². The Balaban J connectivity index is 2.39. The summed E-state index contributed by atoms with van der Waals surface area (Å²) >= 11 is 5.85. The number of rotatable bonds is 2. The molecule has 4 nitrogen and oxygen atoms in total. The van der Waals surface area contributed by atoms with Gasteiger partial charge in [-0.15, -0.1) is 10.2 Å². The van der Waals surface area contributed by atoms with Crippen LogP contribution in [0.1, 0.15) is 19.7 Å². The minimum absolute atomic E-state index is 0.183. The fourth-order valence-electron chi connectivity index (χ4n) is 1.21. The first-order chi connectivity index (χ1) is 7.47. The number of hydrogen-bond acceptors (Lipinski definition) is 4. The van der Waals surface area contributed by atoms with Gasteiger partial charge in [0, 0.05) is 10.6 Å². The van der Waals surface area contributed by atoms with Crippen molar-refractivity contribution in [1.82, 2.24) is 10.2 Å². The van der Waals surface area contributed by atoms with E-state index in [1.165, 1.54) is 0 Å². The van der Waals surface area contributed by atoms with Gasteiger partial charge in [0.15, 0.2) is 0 Å². The molecule has 1 heterocycles. The zero-order valence-corrected chi connectivity index (χ0v) is 9.69. The second-order valence-electron chi connectivity index (χ2n) is 3.98. The molecule has 2 rings (SSSR count). The SMILES string of the molecule is CC(C)(O)c1nnc(-c2cccc(Cl)c2)o1. The minimum atomic E-state index is -1.14. The predicted octanol–water partition coefficient (Wildman–Crippen LogP) is 2.62. The van der Waals surface area contributed by atoms with Crippen molar-refractivity contribution in [2.24, 2.45) is 0 Å². The molecule has 0 radical (unpaired) electrons. The highest BCUT2D eigenvalue weighted by Gasteiger charge is 2.24. The van der Waals surface area contributed by atoms with Crippen molar-refractivity contribution in [3.63, 3.8) is 0 Å². The van der Waals surface area contributed by atoms with Gasteiger partial charge in [0.25, 0.3) is 0 Å². The summed E-state index contributed by atoms with van der Waals surface area (Å²) in [5, 5.41) is 17.9. The summed E-state index contributed by atoms with van der Waals surface area (Å²) in [6, 6.07) is 7.10. The number of benzene rings is 1. The number of aromatic nitrogens is 2. The summed E-state index contributed by atoms with van der Waals surface area (Å²) in [4.78, 5) is 0. The molecular formula is C11H11ClN2O2. The maximum absolute atomic E-state index is 9.68. The van der Waals surface area contributed by atoms with Gasteiger partial charge in [-0.25, -0.2) is 0 Å². The lowest BCUT2D eigenvalue weighted by atomic mass is 10.1. The molecule has 1 aromatic heterocycles. The highest BCUT2D eigenvalue weighted by Crippen LogP contribution is 2.25. The molecule has 16 heavy (non-hydrogen) atoms. The summed E-state index contributed by atoms with van der Waals surface area (Å²) < 4.78 is 5.36. The van der Waals surface area contributed by atoms with Gasteiger partial charge in [-0.3, -0.25) is 0 Å². The molecule has 0 amide bonds. The molecule has 0 saturated heterocycles. The number of halogens is 1. The van der Waals surface area contributed by atoms with Crippen molar-refractivity contribution in [2.45, 2.75) is 19.4 Å². The highest BCUT2D eigenvalue weighted by atomic mass is 35.5. The standard InChI is InChI=1S/C11H11ClN2O2/c1-11(2,15)10-14-13-9(16-10)7-4-3-5-8(12)6-7/h3-6,15H,1-2H3. The molecule has 84 valence electrons. The molecule has 1 aromatic carbocycles. The van der Waals surface area contributed by atoms with Crippen LogP contribution in [0.25, 0.3) is 11.5 Å². The normalized spacial score (nSPS) is 11.8. The average molecular weight is 239 g/mol. The van der Waals surface area contributed by atoms with E-state index in [1.54, 1.807) is 32.0 Å². The van der Waals surface area contributed by atoms with E-state index in [9.17, 15) is 5.11 Å². The van der Waals surface area contributed by atoms with Gasteiger partial charge in [0.1, 0.15) is 5.60 Å². The fourth-order valence-corrected chi connectivity index (χ4v) is 1.40. The zero-order valence-electron chi connectivity index (χ0n) is 8.94. The summed E-state index contributed by atoms with van der Waals surface area (Å²) in [7, 11) is 0. The van der Waals surface area contributed by atoms with E-state index in [4.69, 9.17) is 16.0 Å². The van der Waals surface area contributed by atoms with Crippen LogP contribution in [0.15, 0.2) is 28.7 Å². The van der Waals surface area contributed by atoms with E-state index < -0.39 is 5.60 Å². The maximum Gasteiger partial charge on any atom is 0.247 e. The monoisotopic (exact) mass is 238 g/mol. The van der Waals surface area contributed by atoms with E-state index in [1.807, 2.05) is 6.07 Å². The third-order valence-corrected chi connectivity index (χ3v) is 2.26. The van der Waals surface area contributed by atoms with Crippen LogP contribution in [-0.2, 0) is 5.60 Å². The Labute approximate surface area is 97.9 Å². The molecule has 0 atom stereocenters. The summed E-state index contributed by atoms with van der Waals surface area (Å²) in [6.07, 6.45) is 0. The summed E-state index contributed by atoms with van der Waals surface area (Å²) in [5.74, 6) is 0.530. The highest BCUT2D eigenvalue weighted by molar-refractivity contribution is 6.30. The van der Waals surface area contributed by atoms with Crippen LogP contribution in [0.4, 0.5) is 0 Å². The van der Waals surface area contributed by atoms with Crippen LogP contribution in [0.2, 0.25) is 5.02 Å². The number of nitrogens with zero attached hydrogens (tertiary/aromatic N) is 2. The molecule has 0 aliphatic heterocycles. The molecule has 5 heteroatoms. The Morgan fingerprint density at radius 1 is 1.31 bits per heavy atom. The molecule has 0 aliphatic carbocycles. The number of hydrogen-bond donors (Lipinski definition) is 1. The smallest absolute Gasteiger partial charge is 0.247 e. The average Bonchev–Trinajstić information content (AvgIpc) is 2.65. The first kappa shape index (κ1) is 11.1. The van der Waals surface area contributed by atoms with Crippen molar-refractivity contribution in [2.75, 3.05) is 0 Å². The molecule has 0 aliphatic rings. The molecule has 2 aromatic rings. The van der Waals surface area contributed by atoms with E-state index in [-0.39, 0.29) is 5.89 Å². The molecular weight excluding hydrogens is 228 g/mol. The lowest BCUT2D eigenvalue weighted by Crippen LogP contribution is -2.15. The molecule has 0 fully saturated rings. The quantitative estimate of drug-likeness (QED) is 0.874. The van der Waals surface area contributed by atoms with E-state index >= 15 is 0 Å². The number of aliphatic hydroxyl groups is 1. The lowest BCUT2D eigenvalue weighted by Gasteiger charge is -2.09. The zero-order chi connectivity index (χ0) is 11.8. The van der Waals surface area contributed by atoms with E-state index in [2.05, 4.69) is 10.2 Å². The molecule has 0 saturated carbocycles.